The molecule has 1 rings (SSSR count). The fraction of sp³-hybridized carbons (Fsp3) is 0.818. The van der Waals surface area contributed by atoms with E-state index in [2.05, 4.69) is 19.6 Å². The molecule has 0 aromatic carbocycles. The minimum atomic E-state index is 0.962. The van der Waals surface area contributed by atoms with Gasteiger partial charge >= 0.3 is 0 Å². The molecule has 0 bridgehead atoms. The summed E-state index contributed by atoms with van der Waals surface area (Å²) >= 11 is 0. The van der Waals surface area contributed by atoms with E-state index in [-0.39, 0.29) is 0 Å². The molecule has 2 nitrogen and oxygen atoms in total. The molecule has 1 fully saturated rings. The van der Waals surface area contributed by atoms with Gasteiger partial charge in [0.25, 0.3) is 0 Å². The van der Waals surface area contributed by atoms with E-state index in [1.807, 2.05) is 7.05 Å². The number of rotatable bonds is 16. The average molecular weight is 336 g/mol. The molecule has 1 unspecified atom stereocenters. The maximum Gasteiger partial charge on any atom is 0.0638 e. The van der Waals surface area contributed by atoms with Gasteiger partial charge in [-0.25, -0.2) is 0 Å². The molecule has 0 radical (unpaired) electrons. The Morgan fingerprint density at radius 3 is 2.50 bits per heavy atom. The monoisotopic (exact) mass is 335 g/mol. The average Bonchev–Trinajstić information content (AvgIpc) is 3.34. The minimum absolute atomic E-state index is 0.962. The van der Waals surface area contributed by atoms with Crippen LogP contribution in [0.4, 0.5) is 0 Å². The lowest BCUT2D eigenvalue weighted by atomic mass is 10.1. The summed E-state index contributed by atoms with van der Waals surface area (Å²) in [7, 11) is 3.61. The van der Waals surface area contributed by atoms with Crippen LogP contribution in [0.5, 0.6) is 0 Å². The molecule has 2 heteroatoms. The Balaban J connectivity index is 1.88. The first-order valence-corrected chi connectivity index (χ1v) is 10.3. The predicted octanol–water partition coefficient (Wildman–Crippen LogP) is 7.03. The van der Waals surface area contributed by atoms with Crippen molar-refractivity contribution in [1.82, 2.24) is 5.06 Å². The molecule has 0 aliphatic heterocycles. The van der Waals surface area contributed by atoms with Crippen LogP contribution in [0.25, 0.3) is 0 Å². The normalized spacial score (nSPS) is 18.1. The van der Waals surface area contributed by atoms with Crippen LogP contribution in [0.15, 0.2) is 23.9 Å². The summed E-state index contributed by atoms with van der Waals surface area (Å²) in [4.78, 5) is 5.13. The minimum Gasteiger partial charge on any atom is -0.277 e. The van der Waals surface area contributed by atoms with E-state index in [0.29, 0.717) is 0 Å². The number of hydrogen-bond donors (Lipinski definition) is 0. The first-order valence-electron chi connectivity index (χ1n) is 10.3. The Labute approximate surface area is 151 Å². The van der Waals surface area contributed by atoms with Crippen molar-refractivity contribution in [3.05, 3.63) is 23.9 Å². The Kier molecular flexibility index (Phi) is 12.0. The van der Waals surface area contributed by atoms with Gasteiger partial charge < -0.3 is 0 Å². The standard InChI is InChI=1S/C22H41NO/c1-5-6-7-8-11-14-17-21-19-22(21)18-15-12-9-10-13-16-20(2)23(3)24-4/h18,21H,2,5-17,19H2,1,3-4H3/b22-18+. The second kappa shape index (κ2) is 13.5. The summed E-state index contributed by atoms with van der Waals surface area (Å²) < 4.78 is 0. The van der Waals surface area contributed by atoms with Crippen molar-refractivity contribution in [2.75, 3.05) is 14.2 Å². The molecule has 1 aliphatic rings. The number of allylic oxidation sites excluding steroid dienone is 3. The van der Waals surface area contributed by atoms with Crippen molar-refractivity contribution in [1.29, 1.82) is 0 Å². The van der Waals surface area contributed by atoms with Crippen LogP contribution in [-0.4, -0.2) is 19.2 Å². The summed E-state index contributed by atoms with van der Waals surface area (Å²) in [5.74, 6) is 0.962. The second-order valence-electron chi connectivity index (χ2n) is 7.44. The van der Waals surface area contributed by atoms with E-state index in [4.69, 9.17) is 4.84 Å². The molecule has 140 valence electrons. The van der Waals surface area contributed by atoms with Crippen molar-refractivity contribution in [3.8, 4) is 0 Å². The number of hydroxylamine groups is 2. The molecule has 24 heavy (non-hydrogen) atoms. The van der Waals surface area contributed by atoms with Gasteiger partial charge in [0.05, 0.1) is 7.11 Å². The third-order valence-electron chi connectivity index (χ3n) is 5.30. The van der Waals surface area contributed by atoms with Crippen molar-refractivity contribution >= 4 is 0 Å². The highest BCUT2D eigenvalue weighted by molar-refractivity contribution is 5.22. The van der Waals surface area contributed by atoms with Crippen LogP contribution in [0, 0.1) is 5.92 Å². The third-order valence-corrected chi connectivity index (χ3v) is 5.30. The van der Waals surface area contributed by atoms with Gasteiger partial charge in [-0.2, -0.15) is 0 Å². The van der Waals surface area contributed by atoms with Crippen molar-refractivity contribution in [2.24, 2.45) is 5.92 Å². The number of nitrogens with zero attached hydrogens (tertiary/aromatic N) is 1. The van der Waals surface area contributed by atoms with E-state index in [1.165, 1.54) is 83.5 Å². The molecule has 1 aliphatic carbocycles. The molecule has 0 heterocycles. The zero-order valence-corrected chi connectivity index (χ0v) is 16.6. The van der Waals surface area contributed by atoms with E-state index < -0.39 is 0 Å². The topological polar surface area (TPSA) is 12.5 Å². The highest BCUT2D eigenvalue weighted by Gasteiger charge is 2.27. The first-order chi connectivity index (χ1) is 11.7. The molecule has 0 aromatic heterocycles. The van der Waals surface area contributed by atoms with Crippen LogP contribution in [-0.2, 0) is 4.84 Å². The lowest BCUT2D eigenvalue weighted by Crippen LogP contribution is -2.14. The molecular formula is C22H41NO. The van der Waals surface area contributed by atoms with Gasteiger partial charge in [0.2, 0.25) is 0 Å². The summed E-state index contributed by atoms with van der Waals surface area (Å²) in [5, 5.41) is 1.77. The fourth-order valence-corrected chi connectivity index (χ4v) is 3.34. The maximum atomic E-state index is 5.13. The molecule has 0 N–H and O–H groups in total. The fourth-order valence-electron chi connectivity index (χ4n) is 3.34. The van der Waals surface area contributed by atoms with Gasteiger partial charge in [0.1, 0.15) is 0 Å². The lowest BCUT2D eigenvalue weighted by Gasteiger charge is -2.18. The lowest BCUT2D eigenvalue weighted by molar-refractivity contribution is -0.0796. The highest BCUT2D eigenvalue weighted by Crippen LogP contribution is 2.42. The number of hydrogen-bond acceptors (Lipinski definition) is 2. The molecular weight excluding hydrogens is 294 g/mol. The molecule has 0 spiro atoms. The highest BCUT2D eigenvalue weighted by atomic mass is 16.7. The Hall–Kier alpha value is -0.760. The van der Waals surface area contributed by atoms with Crippen molar-refractivity contribution < 1.29 is 4.84 Å². The summed E-state index contributed by atoms with van der Waals surface area (Å²) in [5.41, 5.74) is 2.84. The second-order valence-corrected chi connectivity index (χ2v) is 7.44. The van der Waals surface area contributed by atoms with Gasteiger partial charge in [0, 0.05) is 12.7 Å². The van der Waals surface area contributed by atoms with Crippen LogP contribution in [0.2, 0.25) is 0 Å². The largest absolute Gasteiger partial charge is 0.277 e. The SMILES string of the molecule is C=C(CCCCCC/C=C1\CC1CCCCCCCC)N(C)OC. The van der Waals surface area contributed by atoms with Gasteiger partial charge in [-0.15, -0.1) is 0 Å². The van der Waals surface area contributed by atoms with Crippen molar-refractivity contribution in [3.63, 3.8) is 0 Å². The van der Waals surface area contributed by atoms with E-state index in [1.54, 1.807) is 17.7 Å². The Morgan fingerprint density at radius 2 is 1.75 bits per heavy atom. The van der Waals surface area contributed by atoms with Gasteiger partial charge in [-0.3, -0.25) is 9.90 Å². The smallest absolute Gasteiger partial charge is 0.0638 e. The zero-order valence-electron chi connectivity index (χ0n) is 16.6. The maximum absolute atomic E-state index is 5.13. The molecule has 0 aromatic rings. The summed E-state index contributed by atoms with van der Waals surface area (Å²) in [6.45, 7) is 6.33. The Morgan fingerprint density at radius 1 is 1.08 bits per heavy atom. The predicted molar refractivity (Wildman–Crippen MR) is 106 cm³/mol. The molecule has 0 amide bonds. The van der Waals surface area contributed by atoms with Gasteiger partial charge in [0.15, 0.2) is 0 Å². The molecule has 1 atom stereocenters. The quantitative estimate of drug-likeness (QED) is 0.170. The summed E-state index contributed by atoms with van der Waals surface area (Å²) in [6.07, 6.45) is 21.5. The van der Waals surface area contributed by atoms with Crippen LogP contribution in [0.3, 0.4) is 0 Å². The van der Waals surface area contributed by atoms with Crippen LogP contribution in [0.1, 0.15) is 96.8 Å². The number of unbranched alkanes of at least 4 members (excludes halogenated alkanes) is 9. The van der Waals surface area contributed by atoms with Gasteiger partial charge in [-0.1, -0.05) is 76.5 Å². The summed E-state index contributed by atoms with van der Waals surface area (Å²) in [6, 6.07) is 0. The first kappa shape index (κ1) is 21.3. The van der Waals surface area contributed by atoms with Gasteiger partial charge in [-0.05, 0) is 44.4 Å². The molecule has 1 saturated carbocycles. The van der Waals surface area contributed by atoms with E-state index in [0.717, 1.165) is 18.0 Å². The van der Waals surface area contributed by atoms with Crippen LogP contribution < -0.4 is 0 Å². The van der Waals surface area contributed by atoms with Crippen LogP contribution >= 0.6 is 0 Å². The molecule has 0 saturated heterocycles. The van der Waals surface area contributed by atoms with E-state index >= 15 is 0 Å². The Bertz CT molecular complexity index is 361. The zero-order chi connectivity index (χ0) is 17.6. The van der Waals surface area contributed by atoms with Crippen molar-refractivity contribution in [2.45, 2.75) is 96.8 Å². The van der Waals surface area contributed by atoms with E-state index in [9.17, 15) is 0 Å². The third kappa shape index (κ3) is 10.2.